The van der Waals surface area contributed by atoms with E-state index in [-0.39, 0.29) is 29.1 Å². The van der Waals surface area contributed by atoms with Gasteiger partial charge in [-0.1, -0.05) is 12.1 Å². The van der Waals surface area contributed by atoms with Crippen LogP contribution in [0.15, 0.2) is 66.9 Å². The molecule has 1 aromatic heterocycles. The number of halogens is 2. The molecule has 0 saturated heterocycles. The van der Waals surface area contributed by atoms with E-state index >= 15 is 4.39 Å². The van der Waals surface area contributed by atoms with Crippen LogP contribution in [-0.4, -0.2) is 28.5 Å². The van der Waals surface area contributed by atoms with Crippen LogP contribution in [-0.2, 0) is 0 Å². The molecule has 1 heterocycles. The summed E-state index contributed by atoms with van der Waals surface area (Å²) in [5.74, 6) is -0.0759. The highest BCUT2D eigenvalue weighted by Crippen LogP contribution is 2.36. The van der Waals surface area contributed by atoms with Gasteiger partial charge in [0.05, 0.1) is 24.6 Å². The van der Waals surface area contributed by atoms with Gasteiger partial charge in [0.2, 0.25) is 0 Å². The predicted molar refractivity (Wildman–Crippen MR) is 140 cm³/mol. The first-order valence-electron chi connectivity index (χ1n) is 11.9. The van der Waals surface area contributed by atoms with Crippen molar-refractivity contribution in [1.82, 2.24) is 9.97 Å². The van der Waals surface area contributed by atoms with Gasteiger partial charge in [0.25, 0.3) is 0 Å². The van der Waals surface area contributed by atoms with E-state index in [4.69, 9.17) is 20.6 Å². The Morgan fingerprint density at radius 1 is 1.11 bits per heavy atom. The van der Waals surface area contributed by atoms with Gasteiger partial charge in [0.15, 0.2) is 11.6 Å². The zero-order chi connectivity index (χ0) is 26.5. The summed E-state index contributed by atoms with van der Waals surface area (Å²) in [6, 6.07) is 15.4. The highest BCUT2D eigenvalue weighted by atomic mass is 19.1. The quantitative estimate of drug-likeness (QED) is 0.156. The Morgan fingerprint density at radius 2 is 1.86 bits per heavy atom. The zero-order valence-corrected chi connectivity index (χ0v) is 20.8. The first-order valence-corrected chi connectivity index (χ1v) is 11.9. The fraction of sp³-hybridized carbons (Fsp3) is 0.214. The summed E-state index contributed by atoms with van der Waals surface area (Å²) in [6.45, 7) is 5.87. The third kappa shape index (κ3) is 6.06. The molecule has 192 valence electrons. The van der Waals surface area contributed by atoms with Crippen LogP contribution in [0.2, 0.25) is 0 Å². The maximum absolute atomic E-state index is 15.9. The fourth-order valence-electron chi connectivity index (χ4n) is 3.88. The average Bonchev–Trinajstić information content (AvgIpc) is 3.35. The molecule has 0 spiro atoms. The van der Waals surface area contributed by atoms with E-state index < -0.39 is 11.9 Å². The molecule has 0 amide bonds. The van der Waals surface area contributed by atoms with Gasteiger partial charge in [-0.15, -0.1) is 0 Å². The number of nitrogens with zero attached hydrogens (tertiary/aromatic N) is 1. The third-order valence-electron chi connectivity index (χ3n) is 5.54. The third-order valence-corrected chi connectivity index (χ3v) is 5.54. The van der Waals surface area contributed by atoms with Gasteiger partial charge >= 0.3 is 0 Å². The van der Waals surface area contributed by atoms with Crippen molar-refractivity contribution in [2.45, 2.75) is 32.9 Å². The Bertz CT molecular complexity index is 1390. The van der Waals surface area contributed by atoms with Gasteiger partial charge in [0, 0.05) is 28.4 Å². The molecule has 0 radical (unpaired) electrons. The van der Waals surface area contributed by atoms with Crippen LogP contribution in [0, 0.1) is 17.0 Å². The molecule has 0 bridgehead atoms. The molecule has 1 unspecified atom stereocenters. The Balaban J connectivity index is 1.82. The van der Waals surface area contributed by atoms with Crippen molar-refractivity contribution in [3.8, 4) is 22.8 Å². The number of benzene rings is 3. The van der Waals surface area contributed by atoms with Gasteiger partial charge in [0.1, 0.15) is 29.3 Å². The number of rotatable bonds is 10. The maximum Gasteiger partial charge on any atom is 0.171 e. The highest BCUT2D eigenvalue weighted by Gasteiger charge is 2.26. The molecule has 0 aliphatic carbocycles. The average molecular weight is 506 g/mol. The second-order valence-corrected chi connectivity index (χ2v) is 8.69. The molecular formula is C28H29F2N5O2. The maximum atomic E-state index is 15.9. The minimum Gasteiger partial charge on any atom is -0.494 e. The topological polar surface area (TPSA) is 109 Å². The van der Waals surface area contributed by atoms with E-state index in [0.717, 1.165) is 0 Å². The second kappa shape index (κ2) is 11.1. The van der Waals surface area contributed by atoms with Crippen LogP contribution in [0.4, 0.5) is 14.5 Å². The van der Waals surface area contributed by atoms with Crippen LogP contribution in [0.25, 0.3) is 11.3 Å². The Hall–Kier alpha value is -4.40. The number of imidazole rings is 1. The standard InChI is InChI=1S/C28H29F2N5O2/c1-4-36-21-13-22(25(30)24(14-21)37-16(2)3)26(34-20-10-8-17(9-11-20)27(31)32)28-33-15-23(35-28)18-6-5-7-19(29)12-18/h5-16,26,34H,4H2,1-3H3,(H3,31,32)(H,33,35). The van der Waals surface area contributed by atoms with Crippen molar-refractivity contribution in [3.05, 3.63) is 95.4 Å². The molecular weight excluding hydrogens is 476 g/mol. The van der Waals surface area contributed by atoms with Gasteiger partial charge in [-0.2, -0.15) is 0 Å². The molecule has 4 aromatic rings. The van der Waals surface area contributed by atoms with Gasteiger partial charge in [-0.3, -0.25) is 5.41 Å². The minimum absolute atomic E-state index is 0.0557. The number of hydrogen-bond acceptors (Lipinski definition) is 5. The lowest BCUT2D eigenvalue weighted by Gasteiger charge is -2.22. The summed E-state index contributed by atoms with van der Waals surface area (Å²) >= 11 is 0. The number of amidine groups is 1. The zero-order valence-electron chi connectivity index (χ0n) is 20.8. The van der Waals surface area contributed by atoms with Gasteiger partial charge < -0.3 is 25.5 Å². The van der Waals surface area contributed by atoms with Crippen molar-refractivity contribution in [1.29, 1.82) is 5.41 Å². The summed E-state index contributed by atoms with van der Waals surface area (Å²) in [7, 11) is 0. The first kappa shape index (κ1) is 25.7. The number of nitrogens with one attached hydrogen (secondary N) is 3. The van der Waals surface area contributed by atoms with Crippen LogP contribution in [0.1, 0.15) is 43.8 Å². The number of anilines is 1. The molecule has 4 rings (SSSR count). The summed E-state index contributed by atoms with van der Waals surface area (Å²) in [6.07, 6.45) is 1.32. The van der Waals surface area contributed by atoms with Crippen LogP contribution in [0.5, 0.6) is 11.5 Å². The molecule has 0 saturated carbocycles. The molecule has 0 aliphatic heterocycles. The smallest absolute Gasteiger partial charge is 0.171 e. The number of aromatic nitrogens is 2. The second-order valence-electron chi connectivity index (χ2n) is 8.69. The van der Waals surface area contributed by atoms with Crippen molar-refractivity contribution in [2.24, 2.45) is 5.73 Å². The molecule has 0 aliphatic rings. The molecule has 3 aromatic carbocycles. The van der Waals surface area contributed by atoms with Crippen LogP contribution in [0.3, 0.4) is 0 Å². The monoisotopic (exact) mass is 505 g/mol. The van der Waals surface area contributed by atoms with Crippen LogP contribution < -0.4 is 20.5 Å². The fourth-order valence-corrected chi connectivity index (χ4v) is 3.88. The lowest BCUT2D eigenvalue weighted by Crippen LogP contribution is -2.18. The lowest BCUT2D eigenvalue weighted by molar-refractivity contribution is 0.228. The molecule has 37 heavy (non-hydrogen) atoms. The molecule has 7 nitrogen and oxygen atoms in total. The Labute approximate surface area is 214 Å². The Morgan fingerprint density at radius 3 is 2.51 bits per heavy atom. The van der Waals surface area contributed by atoms with Crippen molar-refractivity contribution >= 4 is 11.5 Å². The summed E-state index contributed by atoms with van der Waals surface area (Å²) in [5, 5.41) is 10.9. The van der Waals surface area contributed by atoms with E-state index in [1.165, 1.54) is 18.2 Å². The van der Waals surface area contributed by atoms with E-state index in [1.54, 1.807) is 48.7 Å². The van der Waals surface area contributed by atoms with E-state index in [1.807, 2.05) is 20.8 Å². The van der Waals surface area contributed by atoms with E-state index in [9.17, 15) is 4.39 Å². The van der Waals surface area contributed by atoms with Crippen molar-refractivity contribution < 1.29 is 18.3 Å². The number of H-pyrrole nitrogens is 1. The van der Waals surface area contributed by atoms with E-state index in [0.29, 0.717) is 40.7 Å². The minimum atomic E-state index is -0.791. The number of nitrogen functional groups attached to an aromatic ring is 1. The SMILES string of the molecule is CCOc1cc(OC(C)C)c(F)c(C(Nc2ccc(C(=N)N)cc2)c2ncc(-c3cccc(F)c3)[nH]2)c1. The van der Waals surface area contributed by atoms with Crippen molar-refractivity contribution in [3.63, 3.8) is 0 Å². The predicted octanol–water partition coefficient (Wildman–Crippen LogP) is 6.03. The van der Waals surface area contributed by atoms with Crippen LogP contribution >= 0.6 is 0 Å². The van der Waals surface area contributed by atoms with Gasteiger partial charge in [-0.25, -0.2) is 13.8 Å². The molecule has 1 atom stereocenters. The number of aromatic amines is 1. The lowest BCUT2D eigenvalue weighted by atomic mass is 10.0. The normalized spacial score (nSPS) is 11.8. The van der Waals surface area contributed by atoms with E-state index in [2.05, 4.69) is 15.3 Å². The van der Waals surface area contributed by atoms with Gasteiger partial charge in [-0.05, 0) is 63.2 Å². The summed E-state index contributed by atoms with van der Waals surface area (Å²) in [4.78, 5) is 7.71. The first-order chi connectivity index (χ1) is 17.7. The largest absolute Gasteiger partial charge is 0.494 e. The number of ether oxygens (including phenoxy) is 2. The molecule has 5 N–H and O–H groups in total. The number of hydrogen-bond donors (Lipinski definition) is 4. The van der Waals surface area contributed by atoms with Crippen molar-refractivity contribution in [2.75, 3.05) is 11.9 Å². The summed E-state index contributed by atoms with van der Waals surface area (Å²) < 4.78 is 41.2. The molecule has 9 heteroatoms. The molecule has 0 fully saturated rings. The Kier molecular flexibility index (Phi) is 7.71. The highest BCUT2D eigenvalue weighted by molar-refractivity contribution is 5.95. The number of nitrogens with two attached hydrogens (primary N) is 1. The summed E-state index contributed by atoms with van der Waals surface area (Å²) in [5.41, 5.74) is 8.22.